The van der Waals surface area contributed by atoms with E-state index >= 15 is 0 Å². The fraction of sp³-hybridized carbons (Fsp3) is 0.538. The van der Waals surface area contributed by atoms with E-state index in [0.29, 0.717) is 12.1 Å². The second-order valence-electron chi connectivity index (χ2n) is 5.04. The number of hydrogen-bond donors (Lipinski definition) is 1. The predicted molar refractivity (Wildman–Crippen MR) is 68.4 cm³/mol. The first-order valence-corrected chi connectivity index (χ1v) is 6.28. The van der Waals surface area contributed by atoms with E-state index in [9.17, 15) is 14.5 Å². The van der Waals surface area contributed by atoms with E-state index in [1.807, 2.05) is 6.92 Å². The van der Waals surface area contributed by atoms with Gasteiger partial charge in [0, 0.05) is 31.3 Å². The van der Waals surface area contributed by atoms with Crippen molar-refractivity contribution in [3.8, 4) is 0 Å². The Morgan fingerprint density at radius 2 is 2.37 bits per heavy atom. The van der Waals surface area contributed by atoms with Crippen molar-refractivity contribution < 1.29 is 14.1 Å². The van der Waals surface area contributed by atoms with E-state index in [0.717, 1.165) is 25.5 Å². The summed E-state index contributed by atoms with van der Waals surface area (Å²) in [6.07, 6.45) is 1.99. The molecule has 104 valence electrons. The highest BCUT2D eigenvalue weighted by molar-refractivity contribution is 5.40. The standard InChI is InChI=1S/C13H17FN2O3/c1-13(5-2-6-19-13)9-15-8-10-7-11(14)3-4-12(10)16(17)18/h3-4,7,15H,2,5-6,8-9H2,1H3. The number of ether oxygens (including phenoxy) is 1. The van der Waals surface area contributed by atoms with Crippen LogP contribution in [0.5, 0.6) is 0 Å². The molecule has 19 heavy (non-hydrogen) atoms. The molecule has 1 saturated heterocycles. The van der Waals surface area contributed by atoms with Gasteiger partial charge in [-0.3, -0.25) is 10.1 Å². The topological polar surface area (TPSA) is 64.4 Å². The summed E-state index contributed by atoms with van der Waals surface area (Å²) in [5.74, 6) is -0.467. The zero-order valence-electron chi connectivity index (χ0n) is 10.8. The molecule has 1 atom stereocenters. The van der Waals surface area contributed by atoms with Crippen molar-refractivity contribution in [3.05, 3.63) is 39.7 Å². The maximum Gasteiger partial charge on any atom is 0.274 e. The molecule has 0 radical (unpaired) electrons. The maximum absolute atomic E-state index is 13.1. The highest BCUT2D eigenvalue weighted by Gasteiger charge is 2.29. The molecule has 1 aromatic rings. The third-order valence-electron chi connectivity index (χ3n) is 3.35. The fourth-order valence-electron chi connectivity index (χ4n) is 2.31. The van der Waals surface area contributed by atoms with E-state index in [2.05, 4.69) is 5.32 Å². The van der Waals surface area contributed by atoms with E-state index in [1.165, 1.54) is 12.1 Å². The molecule has 0 saturated carbocycles. The zero-order valence-corrected chi connectivity index (χ0v) is 10.8. The van der Waals surface area contributed by atoms with Crippen LogP contribution >= 0.6 is 0 Å². The number of rotatable bonds is 5. The summed E-state index contributed by atoms with van der Waals surface area (Å²) in [4.78, 5) is 10.4. The minimum atomic E-state index is -0.496. The smallest absolute Gasteiger partial charge is 0.274 e. The molecule has 1 heterocycles. The van der Waals surface area contributed by atoms with Gasteiger partial charge in [-0.25, -0.2) is 4.39 Å². The molecule has 1 aliphatic rings. The Bertz CT molecular complexity index is 473. The second kappa shape index (κ2) is 5.63. The monoisotopic (exact) mass is 268 g/mol. The Morgan fingerprint density at radius 3 is 3.00 bits per heavy atom. The van der Waals surface area contributed by atoms with E-state index in [-0.39, 0.29) is 17.8 Å². The molecule has 5 nitrogen and oxygen atoms in total. The van der Waals surface area contributed by atoms with Crippen LogP contribution in [-0.2, 0) is 11.3 Å². The first kappa shape index (κ1) is 13.9. The average molecular weight is 268 g/mol. The van der Waals surface area contributed by atoms with Gasteiger partial charge in [0.1, 0.15) is 5.82 Å². The van der Waals surface area contributed by atoms with Crippen LogP contribution in [0.25, 0.3) is 0 Å². The normalized spacial score (nSPS) is 22.6. The molecular weight excluding hydrogens is 251 g/mol. The number of nitrogens with one attached hydrogen (secondary N) is 1. The zero-order chi connectivity index (χ0) is 13.9. The van der Waals surface area contributed by atoms with Gasteiger partial charge in [-0.05, 0) is 31.9 Å². The van der Waals surface area contributed by atoms with Crippen molar-refractivity contribution >= 4 is 5.69 Å². The van der Waals surface area contributed by atoms with Crippen molar-refractivity contribution in [1.82, 2.24) is 5.32 Å². The number of halogens is 1. The molecule has 0 bridgehead atoms. The van der Waals surface area contributed by atoms with E-state index in [1.54, 1.807) is 0 Å². The first-order valence-electron chi connectivity index (χ1n) is 6.28. The minimum Gasteiger partial charge on any atom is -0.374 e. The summed E-state index contributed by atoms with van der Waals surface area (Å²) in [6, 6.07) is 3.49. The summed E-state index contributed by atoms with van der Waals surface area (Å²) < 4.78 is 18.7. The van der Waals surface area contributed by atoms with Crippen molar-refractivity contribution in [2.45, 2.75) is 31.9 Å². The molecule has 6 heteroatoms. The highest BCUT2D eigenvalue weighted by atomic mass is 19.1. The van der Waals surface area contributed by atoms with Crippen molar-refractivity contribution in [2.75, 3.05) is 13.2 Å². The van der Waals surface area contributed by atoms with Crippen LogP contribution in [0.4, 0.5) is 10.1 Å². The van der Waals surface area contributed by atoms with Gasteiger partial charge in [-0.1, -0.05) is 0 Å². The molecule has 0 aliphatic carbocycles. The van der Waals surface area contributed by atoms with Crippen LogP contribution < -0.4 is 5.32 Å². The lowest BCUT2D eigenvalue weighted by Gasteiger charge is -2.23. The van der Waals surface area contributed by atoms with Crippen LogP contribution in [0, 0.1) is 15.9 Å². The first-order chi connectivity index (χ1) is 9.00. The van der Waals surface area contributed by atoms with Gasteiger partial charge in [0.25, 0.3) is 5.69 Å². The van der Waals surface area contributed by atoms with Crippen LogP contribution in [0.1, 0.15) is 25.3 Å². The van der Waals surface area contributed by atoms with Crippen molar-refractivity contribution in [3.63, 3.8) is 0 Å². The maximum atomic E-state index is 13.1. The van der Waals surface area contributed by atoms with E-state index in [4.69, 9.17) is 4.74 Å². The van der Waals surface area contributed by atoms with Crippen LogP contribution in [-0.4, -0.2) is 23.7 Å². The Hall–Kier alpha value is -1.53. The lowest BCUT2D eigenvalue weighted by atomic mass is 10.0. The summed E-state index contributed by atoms with van der Waals surface area (Å²) in [5.41, 5.74) is 0.0697. The van der Waals surface area contributed by atoms with Gasteiger partial charge in [0.15, 0.2) is 0 Å². The van der Waals surface area contributed by atoms with Gasteiger partial charge in [0.2, 0.25) is 0 Å². The Balaban J connectivity index is 1.98. The molecular formula is C13H17FN2O3. The predicted octanol–water partition coefficient (Wildman–Crippen LogP) is 2.39. The number of nitrogens with zero attached hydrogens (tertiary/aromatic N) is 1. The molecule has 1 fully saturated rings. The largest absolute Gasteiger partial charge is 0.374 e. The van der Waals surface area contributed by atoms with Crippen LogP contribution in [0.15, 0.2) is 18.2 Å². The molecule has 1 N–H and O–H groups in total. The van der Waals surface area contributed by atoms with Gasteiger partial charge < -0.3 is 10.1 Å². The summed E-state index contributed by atoms with van der Waals surface area (Å²) in [6.45, 7) is 3.61. The molecule has 2 rings (SSSR count). The lowest BCUT2D eigenvalue weighted by molar-refractivity contribution is -0.385. The minimum absolute atomic E-state index is 0.0635. The highest BCUT2D eigenvalue weighted by Crippen LogP contribution is 2.24. The third-order valence-corrected chi connectivity index (χ3v) is 3.35. The van der Waals surface area contributed by atoms with Crippen molar-refractivity contribution in [2.24, 2.45) is 0 Å². The van der Waals surface area contributed by atoms with E-state index < -0.39 is 10.7 Å². The van der Waals surface area contributed by atoms with Crippen molar-refractivity contribution in [1.29, 1.82) is 0 Å². The molecule has 1 aliphatic heterocycles. The van der Waals surface area contributed by atoms with Crippen LogP contribution in [0.3, 0.4) is 0 Å². The van der Waals surface area contributed by atoms with Gasteiger partial charge in [-0.2, -0.15) is 0 Å². The lowest BCUT2D eigenvalue weighted by Crippen LogP contribution is -2.36. The molecule has 1 aromatic carbocycles. The van der Waals surface area contributed by atoms with Gasteiger partial charge >= 0.3 is 0 Å². The SMILES string of the molecule is CC1(CNCc2cc(F)ccc2[N+](=O)[O-])CCCO1. The van der Waals surface area contributed by atoms with Gasteiger partial charge in [0.05, 0.1) is 10.5 Å². The quantitative estimate of drug-likeness (QED) is 0.658. The average Bonchev–Trinajstić information content (AvgIpc) is 2.76. The number of nitro groups is 1. The third kappa shape index (κ3) is 3.48. The van der Waals surface area contributed by atoms with Crippen LogP contribution in [0.2, 0.25) is 0 Å². The molecule has 0 spiro atoms. The Morgan fingerprint density at radius 1 is 1.58 bits per heavy atom. The summed E-state index contributed by atoms with van der Waals surface area (Å²) in [5, 5.41) is 14.0. The molecule has 0 aromatic heterocycles. The van der Waals surface area contributed by atoms with Gasteiger partial charge in [-0.15, -0.1) is 0 Å². The fourth-order valence-corrected chi connectivity index (χ4v) is 2.31. The Kier molecular flexibility index (Phi) is 4.11. The number of nitro benzene ring substituents is 1. The molecule has 0 amide bonds. The Labute approximate surface area is 110 Å². The molecule has 1 unspecified atom stereocenters. The number of hydrogen-bond acceptors (Lipinski definition) is 4. The summed E-state index contributed by atoms with van der Waals surface area (Å²) in [7, 11) is 0. The summed E-state index contributed by atoms with van der Waals surface area (Å²) >= 11 is 0. The number of benzene rings is 1. The second-order valence-corrected chi connectivity index (χ2v) is 5.04.